The number of aliphatic hydroxyl groups is 3. The van der Waals surface area contributed by atoms with Gasteiger partial charge in [-0.15, -0.1) is 0 Å². The number of hydroxylamine groups is 1. The van der Waals surface area contributed by atoms with E-state index in [2.05, 4.69) is 6.92 Å². The van der Waals surface area contributed by atoms with E-state index in [9.17, 15) is 39.3 Å². The molecule has 1 amide bonds. The molecule has 1 aliphatic carbocycles. The van der Waals surface area contributed by atoms with Crippen LogP contribution in [0, 0.1) is 41.4 Å². The number of ketones is 3. The lowest BCUT2D eigenvalue weighted by Gasteiger charge is -2.43. The number of methoxy groups -OCH3 is 2. The number of carbonyl (C=O) groups is 5. The predicted molar refractivity (Wildman–Crippen MR) is 267 cm³/mol. The lowest BCUT2D eigenvalue weighted by Crippen LogP contribution is -2.61. The molecule has 1 aromatic rings. The Morgan fingerprint density at radius 1 is 0.803 bits per heavy atom. The molecule has 3 saturated heterocycles. The second-order valence-corrected chi connectivity index (χ2v) is 21.9. The first kappa shape index (κ1) is 56.5. The Morgan fingerprint density at radius 2 is 1.52 bits per heavy atom. The number of anilines is 1. The van der Waals surface area contributed by atoms with E-state index >= 15 is 0 Å². The topological polar surface area (TPSA) is 199 Å². The third-order valence-corrected chi connectivity index (χ3v) is 16.8. The van der Waals surface area contributed by atoms with Crippen LogP contribution in [0.5, 0.6) is 0 Å². The molecule has 7 rings (SSSR count). The van der Waals surface area contributed by atoms with Crippen LogP contribution in [0.3, 0.4) is 0 Å². The second kappa shape index (κ2) is 24.9. The van der Waals surface area contributed by atoms with Crippen molar-refractivity contribution in [2.45, 2.75) is 199 Å². The van der Waals surface area contributed by atoms with E-state index in [1.165, 1.54) is 12.0 Å². The molecule has 5 aliphatic heterocycles. The van der Waals surface area contributed by atoms with Gasteiger partial charge in [0, 0.05) is 57.3 Å². The number of carbonyl (C=O) groups excluding carboxylic acids is 5. The normalized spacial score (nSPS) is 40.2. The minimum absolute atomic E-state index is 0.0157. The summed E-state index contributed by atoms with van der Waals surface area (Å²) in [5.41, 5.74) is 2.23. The Morgan fingerprint density at radius 3 is 2.21 bits per heavy atom. The van der Waals surface area contributed by atoms with Crippen LogP contribution in [0.4, 0.5) is 5.69 Å². The number of piperidine rings is 1. The van der Waals surface area contributed by atoms with Crippen molar-refractivity contribution in [2.24, 2.45) is 41.4 Å². The van der Waals surface area contributed by atoms with Crippen molar-refractivity contribution in [1.29, 1.82) is 0 Å². The molecular formula is C56H84N2O13. The molecule has 4 bridgehead atoms. The number of fused-ring (bicyclic) bond motifs is 17. The van der Waals surface area contributed by atoms with Gasteiger partial charge in [0.05, 0.1) is 42.2 Å². The molecule has 0 aromatic heterocycles. The number of hydrogen-bond donors (Lipinski definition) is 3. The van der Waals surface area contributed by atoms with Crippen LogP contribution in [0.2, 0.25) is 0 Å². The highest BCUT2D eigenvalue weighted by atomic mass is 16.7. The number of rotatable bonds is 5. The fourth-order valence-electron chi connectivity index (χ4n) is 12.2. The number of allylic oxidation sites excluding steroid dienone is 1. The SMILES string of the molecule is COC1CC2CCC(C)C(O)(O2)C(=O)C(=O)N2CCCCC2C(=O)OC(C(C)C2CCCC(O)C2OC)CC(=O)C(C)/C=C(\C)C(O)C(C)C(=O)C(C)CC(C)C2CCC(/C=C/1C)ON2c1ccccc1. The molecule has 0 radical (unpaired) electrons. The molecule has 71 heavy (non-hydrogen) atoms. The zero-order valence-electron chi connectivity index (χ0n) is 44.0. The first-order valence-electron chi connectivity index (χ1n) is 26.5. The number of ether oxygens (including phenoxy) is 4. The summed E-state index contributed by atoms with van der Waals surface area (Å²) < 4.78 is 24.4. The molecule has 15 nitrogen and oxygen atoms in total. The zero-order valence-corrected chi connectivity index (χ0v) is 44.0. The van der Waals surface area contributed by atoms with Gasteiger partial charge >= 0.3 is 5.97 Å². The second-order valence-electron chi connectivity index (χ2n) is 21.9. The van der Waals surface area contributed by atoms with Gasteiger partial charge in [-0.2, -0.15) is 0 Å². The Hall–Kier alpha value is -3.83. The molecule has 4 fully saturated rings. The lowest BCUT2D eigenvalue weighted by atomic mass is 9.74. The number of Topliss-reactive ketones (excluding diaryl/α,β-unsaturated/α-hetero) is 3. The number of benzene rings is 1. The van der Waals surface area contributed by atoms with Crippen molar-refractivity contribution in [3.05, 3.63) is 53.6 Å². The summed E-state index contributed by atoms with van der Waals surface area (Å²) in [5, 5.41) is 36.7. The Bertz CT molecular complexity index is 2060. The number of amides is 1. The zero-order chi connectivity index (χ0) is 51.9. The molecule has 396 valence electrons. The van der Waals surface area contributed by atoms with Crippen LogP contribution in [-0.2, 0) is 47.8 Å². The van der Waals surface area contributed by atoms with E-state index in [0.717, 1.165) is 17.7 Å². The third-order valence-electron chi connectivity index (χ3n) is 16.8. The van der Waals surface area contributed by atoms with E-state index in [1.54, 1.807) is 40.9 Å². The average Bonchev–Trinajstić information content (AvgIpc) is 3.36. The van der Waals surface area contributed by atoms with Gasteiger partial charge in [-0.3, -0.25) is 29.1 Å². The Kier molecular flexibility index (Phi) is 19.8. The van der Waals surface area contributed by atoms with Crippen molar-refractivity contribution in [3.8, 4) is 0 Å². The largest absolute Gasteiger partial charge is 0.460 e. The first-order chi connectivity index (χ1) is 33.7. The first-order valence-corrected chi connectivity index (χ1v) is 26.5. The maximum absolute atomic E-state index is 14.5. The predicted octanol–water partition coefficient (Wildman–Crippen LogP) is 7.27. The fourth-order valence-corrected chi connectivity index (χ4v) is 12.2. The Balaban J connectivity index is 1.35. The van der Waals surface area contributed by atoms with Crippen LogP contribution >= 0.6 is 0 Å². The highest BCUT2D eigenvalue weighted by molar-refractivity contribution is 6.39. The molecule has 15 heteroatoms. The van der Waals surface area contributed by atoms with Gasteiger partial charge in [0.2, 0.25) is 5.79 Å². The van der Waals surface area contributed by atoms with E-state index in [0.29, 0.717) is 63.4 Å². The van der Waals surface area contributed by atoms with E-state index in [4.69, 9.17) is 23.8 Å². The van der Waals surface area contributed by atoms with E-state index in [-0.39, 0.29) is 61.4 Å². The van der Waals surface area contributed by atoms with Gasteiger partial charge in [0.25, 0.3) is 11.7 Å². The van der Waals surface area contributed by atoms with Gasteiger partial charge in [-0.1, -0.05) is 78.3 Å². The van der Waals surface area contributed by atoms with Crippen molar-refractivity contribution in [2.75, 3.05) is 25.8 Å². The monoisotopic (exact) mass is 993 g/mol. The van der Waals surface area contributed by atoms with Gasteiger partial charge in [-0.25, -0.2) is 4.79 Å². The summed E-state index contributed by atoms with van der Waals surface area (Å²) in [6.45, 7) is 14.8. The molecular weight excluding hydrogens is 909 g/mol. The van der Waals surface area contributed by atoms with Crippen LogP contribution in [0.1, 0.15) is 139 Å². The molecule has 1 aromatic carbocycles. The van der Waals surface area contributed by atoms with Crippen molar-refractivity contribution in [3.63, 3.8) is 0 Å². The molecule has 17 unspecified atom stereocenters. The van der Waals surface area contributed by atoms with E-state index in [1.807, 2.05) is 62.2 Å². The highest BCUT2D eigenvalue weighted by Gasteiger charge is 2.53. The number of aliphatic hydroxyl groups excluding tert-OH is 2. The minimum atomic E-state index is -2.46. The van der Waals surface area contributed by atoms with Gasteiger partial charge in [0.1, 0.15) is 29.8 Å². The van der Waals surface area contributed by atoms with Crippen molar-refractivity contribution >= 4 is 34.9 Å². The number of nitrogens with zero attached hydrogens (tertiary/aromatic N) is 2. The molecule has 6 aliphatic rings. The maximum atomic E-state index is 14.5. The summed E-state index contributed by atoms with van der Waals surface area (Å²) >= 11 is 0. The van der Waals surface area contributed by atoms with Crippen molar-refractivity contribution in [1.82, 2.24) is 4.90 Å². The van der Waals surface area contributed by atoms with Crippen LogP contribution < -0.4 is 5.06 Å². The smallest absolute Gasteiger partial charge is 0.329 e. The van der Waals surface area contributed by atoms with Crippen molar-refractivity contribution < 1.29 is 63.1 Å². The van der Waals surface area contributed by atoms with Crippen LogP contribution in [-0.4, -0.2) is 131 Å². The quantitative estimate of drug-likeness (QED) is 0.151. The summed E-state index contributed by atoms with van der Waals surface area (Å²) in [6, 6.07) is 8.63. The highest BCUT2D eigenvalue weighted by Crippen LogP contribution is 2.40. The van der Waals surface area contributed by atoms with E-state index < -0.39 is 95.7 Å². The van der Waals surface area contributed by atoms with Crippen LogP contribution in [0.25, 0.3) is 0 Å². The molecule has 1 saturated carbocycles. The summed E-state index contributed by atoms with van der Waals surface area (Å²) in [4.78, 5) is 79.7. The standard InChI is InChI=1S/C56H84N2O13/c1-32-27-35(4)50(61)39(8)51(62)36(5)28-33(2)47(60)31-49(38(7)43-19-16-21-46(59)52(43)68-10)69-55(65)45-20-14-15-26-57(45)54(64)53(63)56(66)37(6)22-23-41(70-56)30-48(67-9)34(3)29-42-24-25-44(32)58(71-42)40-17-12-11-13-18-40/h11-13,17-18,28-29,32-33,35,37-39,41-46,48-49,51-52,59,62,66H,14-16,19-27,30-31H2,1-10H3/b34-29+,36-28+. The minimum Gasteiger partial charge on any atom is -0.460 e. The maximum Gasteiger partial charge on any atom is 0.329 e. The summed E-state index contributed by atoms with van der Waals surface area (Å²) in [5.74, 6) is -9.15. The summed E-state index contributed by atoms with van der Waals surface area (Å²) in [7, 11) is 3.12. The lowest BCUT2D eigenvalue weighted by molar-refractivity contribution is -0.265. The molecule has 3 N–H and O–H groups in total. The fraction of sp³-hybridized carbons (Fsp3) is 0.732. The Labute approximate surface area is 422 Å². The number of esters is 1. The number of hydrogen-bond acceptors (Lipinski definition) is 14. The van der Waals surface area contributed by atoms with Gasteiger partial charge < -0.3 is 39.2 Å². The number of para-hydroxylation sites is 1. The molecule has 17 atom stereocenters. The van der Waals surface area contributed by atoms with Gasteiger partial charge in [-0.05, 0) is 119 Å². The third kappa shape index (κ3) is 13.1. The summed E-state index contributed by atoms with van der Waals surface area (Å²) in [6.07, 6.45) is 4.96. The molecule has 5 heterocycles. The van der Waals surface area contributed by atoms with Crippen LogP contribution in [0.15, 0.2) is 53.6 Å². The average molecular weight is 993 g/mol. The van der Waals surface area contributed by atoms with Gasteiger partial charge in [0.15, 0.2) is 0 Å². The molecule has 0 spiro atoms.